The Hall–Kier alpha value is -2.31. The van der Waals surface area contributed by atoms with Crippen LogP contribution in [0.4, 0.5) is 13.2 Å². The van der Waals surface area contributed by atoms with Gasteiger partial charge >= 0.3 is 12.1 Å². The van der Waals surface area contributed by atoms with E-state index in [0.717, 1.165) is 0 Å². The number of esters is 1. The molecule has 0 heterocycles. The molecule has 1 N–H and O–H groups in total. The maximum atomic E-state index is 13.1. The normalized spacial score (nSPS) is 12.9. The van der Waals surface area contributed by atoms with Crippen LogP contribution in [0.2, 0.25) is 0 Å². The van der Waals surface area contributed by atoms with Gasteiger partial charge in [0.15, 0.2) is 0 Å². The van der Waals surface area contributed by atoms with E-state index in [9.17, 15) is 22.8 Å². The van der Waals surface area contributed by atoms with E-state index in [1.54, 1.807) is 6.07 Å². The lowest BCUT2D eigenvalue weighted by atomic mass is 9.95. The molecule has 1 aromatic carbocycles. The zero-order valence-electron chi connectivity index (χ0n) is 12.6. The molecule has 0 fully saturated rings. The number of benzene rings is 1. The molecule has 23 heavy (non-hydrogen) atoms. The van der Waals surface area contributed by atoms with Gasteiger partial charge in [-0.25, -0.2) is 4.79 Å². The van der Waals surface area contributed by atoms with Crippen molar-refractivity contribution in [1.29, 1.82) is 0 Å². The summed E-state index contributed by atoms with van der Waals surface area (Å²) >= 11 is 0. The fourth-order valence-corrected chi connectivity index (χ4v) is 1.91. The highest BCUT2D eigenvalue weighted by Gasteiger charge is 2.41. The minimum atomic E-state index is -4.50. The Morgan fingerprint density at radius 3 is 2.48 bits per heavy atom. The molecule has 7 heteroatoms. The first-order valence-electron chi connectivity index (χ1n) is 6.97. The summed E-state index contributed by atoms with van der Waals surface area (Å²) in [4.78, 5) is 22.5. The molecule has 0 aliphatic heterocycles. The molecule has 0 saturated heterocycles. The Morgan fingerprint density at radius 1 is 1.26 bits per heavy atom. The Kier molecular flexibility index (Phi) is 7.31. The average Bonchev–Trinajstić information content (AvgIpc) is 2.51. The van der Waals surface area contributed by atoms with E-state index in [4.69, 9.17) is 0 Å². The Morgan fingerprint density at radius 2 is 1.91 bits per heavy atom. The summed E-state index contributed by atoms with van der Waals surface area (Å²) in [6.07, 6.45) is -2.18. The van der Waals surface area contributed by atoms with Crippen molar-refractivity contribution in [2.75, 3.05) is 13.7 Å². The summed E-state index contributed by atoms with van der Waals surface area (Å²) in [6, 6.07) is 7.33. The maximum Gasteiger partial charge on any atom is 0.396 e. The molecular formula is C16H18F3NO3. The van der Waals surface area contributed by atoms with Crippen LogP contribution in [0.15, 0.2) is 42.5 Å². The highest BCUT2D eigenvalue weighted by Crippen LogP contribution is 2.37. The maximum absolute atomic E-state index is 13.1. The highest BCUT2D eigenvalue weighted by atomic mass is 19.4. The van der Waals surface area contributed by atoms with Crippen molar-refractivity contribution in [3.63, 3.8) is 0 Å². The molecule has 1 rings (SSSR count). The van der Waals surface area contributed by atoms with Gasteiger partial charge in [0.05, 0.1) is 13.0 Å². The van der Waals surface area contributed by atoms with Crippen molar-refractivity contribution in [1.82, 2.24) is 5.32 Å². The van der Waals surface area contributed by atoms with E-state index < -0.39 is 30.4 Å². The SMILES string of the molecule is COC(=O)/C=C/CCNC(=O)CC(c1ccccc1)C(F)(F)F. The standard InChI is InChI=1S/C16H18F3NO3/c1-23-15(22)9-5-6-10-20-14(21)11-13(16(17,18)19)12-7-3-2-4-8-12/h2-5,7-9,13H,6,10-11H2,1H3,(H,20,21)/b9-5+. The van der Waals surface area contributed by atoms with Gasteiger partial charge < -0.3 is 10.1 Å². The summed E-state index contributed by atoms with van der Waals surface area (Å²) in [5.74, 6) is -3.06. The van der Waals surface area contributed by atoms with E-state index in [1.807, 2.05) is 0 Å². The quantitative estimate of drug-likeness (QED) is 0.475. The number of methoxy groups -OCH3 is 1. The number of rotatable bonds is 7. The molecule has 1 atom stereocenters. The Bertz CT molecular complexity index is 541. The van der Waals surface area contributed by atoms with Gasteiger partial charge in [0.25, 0.3) is 0 Å². The largest absolute Gasteiger partial charge is 0.466 e. The number of carbonyl (C=O) groups excluding carboxylic acids is 2. The van der Waals surface area contributed by atoms with Gasteiger partial charge in [0.1, 0.15) is 0 Å². The first kappa shape index (κ1) is 18.7. The lowest BCUT2D eigenvalue weighted by Gasteiger charge is -2.20. The van der Waals surface area contributed by atoms with Crippen molar-refractivity contribution in [3.05, 3.63) is 48.0 Å². The van der Waals surface area contributed by atoms with Crippen LogP contribution in [-0.2, 0) is 14.3 Å². The molecule has 1 aromatic rings. The molecule has 0 bridgehead atoms. The van der Waals surface area contributed by atoms with Gasteiger partial charge in [0, 0.05) is 19.0 Å². The second kappa shape index (κ2) is 8.97. The third-order valence-electron chi connectivity index (χ3n) is 3.07. The number of hydrogen-bond acceptors (Lipinski definition) is 3. The predicted molar refractivity (Wildman–Crippen MR) is 78.6 cm³/mol. The fourth-order valence-electron chi connectivity index (χ4n) is 1.91. The molecule has 0 saturated carbocycles. The number of nitrogens with one attached hydrogen (secondary N) is 1. The van der Waals surface area contributed by atoms with Crippen LogP contribution in [0.3, 0.4) is 0 Å². The number of ether oxygens (including phenoxy) is 1. The third-order valence-corrected chi connectivity index (χ3v) is 3.07. The van der Waals surface area contributed by atoms with E-state index in [2.05, 4.69) is 10.1 Å². The molecule has 0 spiro atoms. The average molecular weight is 329 g/mol. The molecule has 1 unspecified atom stereocenters. The van der Waals surface area contributed by atoms with Crippen molar-refractivity contribution >= 4 is 11.9 Å². The molecule has 4 nitrogen and oxygen atoms in total. The monoisotopic (exact) mass is 329 g/mol. The van der Waals surface area contributed by atoms with Crippen LogP contribution < -0.4 is 5.32 Å². The number of halogens is 3. The van der Waals surface area contributed by atoms with Gasteiger partial charge in [-0.2, -0.15) is 13.2 Å². The van der Waals surface area contributed by atoms with Gasteiger partial charge in [-0.15, -0.1) is 0 Å². The fraction of sp³-hybridized carbons (Fsp3) is 0.375. The van der Waals surface area contributed by atoms with Crippen LogP contribution in [0, 0.1) is 0 Å². The number of carbonyl (C=O) groups is 2. The smallest absolute Gasteiger partial charge is 0.396 e. The van der Waals surface area contributed by atoms with Crippen LogP contribution in [-0.4, -0.2) is 31.7 Å². The van der Waals surface area contributed by atoms with E-state index in [-0.39, 0.29) is 12.1 Å². The minimum Gasteiger partial charge on any atom is -0.466 e. The van der Waals surface area contributed by atoms with Crippen molar-refractivity contribution in [2.45, 2.75) is 24.9 Å². The van der Waals surface area contributed by atoms with Crippen LogP contribution in [0.5, 0.6) is 0 Å². The van der Waals surface area contributed by atoms with Gasteiger partial charge in [0.2, 0.25) is 5.91 Å². The third kappa shape index (κ3) is 6.99. The molecule has 0 aliphatic rings. The number of alkyl halides is 3. The van der Waals surface area contributed by atoms with Crippen LogP contribution in [0.1, 0.15) is 24.3 Å². The Balaban J connectivity index is 2.52. The van der Waals surface area contributed by atoms with Gasteiger partial charge in [-0.05, 0) is 12.0 Å². The predicted octanol–water partition coefficient (Wildman–Crippen LogP) is 2.96. The second-order valence-corrected chi connectivity index (χ2v) is 4.77. The molecular weight excluding hydrogens is 311 g/mol. The summed E-state index contributed by atoms with van der Waals surface area (Å²) in [5.41, 5.74) is 0.0562. The zero-order chi connectivity index (χ0) is 17.3. The van der Waals surface area contributed by atoms with E-state index in [0.29, 0.717) is 6.42 Å². The van der Waals surface area contributed by atoms with E-state index in [1.165, 1.54) is 43.5 Å². The van der Waals surface area contributed by atoms with Crippen LogP contribution in [0.25, 0.3) is 0 Å². The lowest BCUT2D eigenvalue weighted by molar-refractivity contribution is -0.157. The first-order valence-corrected chi connectivity index (χ1v) is 6.97. The van der Waals surface area contributed by atoms with Crippen LogP contribution >= 0.6 is 0 Å². The molecule has 0 aliphatic carbocycles. The van der Waals surface area contributed by atoms with Gasteiger partial charge in [-0.1, -0.05) is 36.4 Å². The summed E-state index contributed by atoms with van der Waals surface area (Å²) < 4.78 is 43.7. The minimum absolute atomic E-state index is 0.0562. The number of amides is 1. The summed E-state index contributed by atoms with van der Waals surface area (Å²) in [6.45, 7) is 0.145. The van der Waals surface area contributed by atoms with E-state index >= 15 is 0 Å². The summed E-state index contributed by atoms with van der Waals surface area (Å²) in [5, 5.41) is 2.40. The number of hydrogen-bond donors (Lipinski definition) is 1. The topological polar surface area (TPSA) is 55.4 Å². The second-order valence-electron chi connectivity index (χ2n) is 4.77. The van der Waals surface area contributed by atoms with Gasteiger partial charge in [-0.3, -0.25) is 4.79 Å². The summed E-state index contributed by atoms with van der Waals surface area (Å²) in [7, 11) is 1.23. The zero-order valence-corrected chi connectivity index (χ0v) is 12.6. The molecule has 0 radical (unpaired) electrons. The molecule has 1 amide bonds. The first-order chi connectivity index (χ1) is 10.8. The highest BCUT2D eigenvalue weighted by molar-refractivity contribution is 5.81. The molecule has 126 valence electrons. The van der Waals surface area contributed by atoms with Crippen molar-refractivity contribution < 1.29 is 27.5 Å². The Labute approximate surface area is 132 Å². The lowest BCUT2D eigenvalue weighted by Crippen LogP contribution is -2.30. The van der Waals surface area contributed by atoms with Crippen molar-refractivity contribution in [3.8, 4) is 0 Å². The van der Waals surface area contributed by atoms with Crippen molar-refractivity contribution in [2.24, 2.45) is 0 Å². The molecule has 0 aromatic heterocycles.